The first-order chi connectivity index (χ1) is 6.29. The fourth-order valence-electron chi connectivity index (χ4n) is 2.30. The Labute approximate surface area is 77.2 Å². The molecule has 1 aliphatic heterocycles. The largest absolute Gasteiger partial charge is 0.381 e. The molecule has 1 amide bonds. The fourth-order valence-corrected chi connectivity index (χ4v) is 2.30. The highest BCUT2D eigenvalue weighted by molar-refractivity contribution is 5.82. The van der Waals surface area contributed by atoms with Crippen LogP contribution in [-0.4, -0.2) is 24.3 Å². The third-order valence-electron chi connectivity index (χ3n) is 3.30. The molecule has 2 N–H and O–H groups in total. The number of amides is 1. The zero-order chi connectivity index (χ0) is 9.31. The zero-order valence-corrected chi connectivity index (χ0v) is 7.58. The highest BCUT2D eigenvalue weighted by atomic mass is 16.5. The Hall–Kier alpha value is -0.610. The lowest BCUT2D eigenvalue weighted by Gasteiger charge is -2.35. The summed E-state index contributed by atoms with van der Waals surface area (Å²) >= 11 is 0. The zero-order valence-electron chi connectivity index (χ0n) is 7.58. The van der Waals surface area contributed by atoms with Gasteiger partial charge in [-0.2, -0.15) is 0 Å². The molecule has 0 spiro atoms. The van der Waals surface area contributed by atoms with Gasteiger partial charge in [0, 0.05) is 13.2 Å². The third-order valence-corrected chi connectivity index (χ3v) is 3.30. The van der Waals surface area contributed by atoms with Gasteiger partial charge in [-0.15, -0.1) is 0 Å². The third kappa shape index (κ3) is 1.44. The van der Waals surface area contributed by atoms with Gasteiger partial charge >= 0.3 is 0 Å². The van der Waals surface area contributed by atoms with Crippen molar-refractivity contribution in [3.05, 3.63) is 0 Å². The van der Waals surface area contributed by atoms with Crippen molar-refractivity contribution >= 4 is 5.91 Å². The lowest BCUT2D eigenvalue weighted by Crippen LogP contribution is -2.45. The van der Waals surface area contributed by atoms with Gasteiger partial charge in [0.05, 0.1) is 5.41 Å². The number of carbonyl (C=O) groups is 1. The van der Waals surface area contributed by atoms with Crippen molar-refractivity contribution in [3.8, 4) is 0 Å². The topological polar surface area (TPSA) is 58.6 Å². The molecule has 1 aliphatic carbocycles. The summed E-state index contributed by atoms with van der Waals surface area (Å²) in [5.41, 5.74) is 1.48. The van der Waals surface area contributed by atoms with Crippen LogP contribution in [0.4, 0.5) is 0 Å². The van der Waals surface area contributed by atoms with Crippen LogP contribution in [0.25, 0.3) is 0 Å². The molecule has 74 valence electrons. The van der Waals surface area contributed by atoms with E-state index in [9.17, 15) is 4.79 Å². The van der Waals surface area contributed by atoms with Gasteiger partial charge < -0.3 is 4.74 Å². The normalized spacial score (nSPS) is 26.8. The van der Waals surface area contributed by atoms with Crippen LogP contribution in [-0.2, 0) is 9.53 Å². The number of carbonyl (C=O) groups excluding carboxylic acids is 1. The van der Waals surface area contributed by atoms with Gasteiger partial charge in [0.1, 0.15) is 0 Å². The molecule has 4 nitrogen and oxygen atoms in total. The minimum atomic E-state index is -0.326. The minimum absolute atomic E-state index is 0.210. The van der Waals surface area contributed by atoms with Crippen molar-refractivity contribution in [2.24, 2.45) is 11.3 Å². The molecular formula is C9H15NO3. The molecular weight excluding hydrogens is 170 g/mol. The summed E-state index contributed by atoms with van der Waals surface area (Å²) in [7, 11) is 0. The number of hydrogen-bond donors (Lipinski definition) is 2. The second-order valence-corrected chi connectivity index (χ2v) is 3.98. The van der Waals surface area contributed by atoms with Crippen molar-refractivity contribution in [2.45, 2.75) is 25.7 Å². The second kappa shape index (κ2) is 3.27. The van der Waals surface area contributed by atoms with Gasteiger partial charge in [-0.25, -0.2) is 5.48 Å². The molecule has 2 aliphatic rings. The van der Waals surface area contributed by atoms with Crippen LogP contribution < -0.4 is 5.48 Å². The Morgan fingerprint density at radius 3 is 2.46 bits per heavy atom. The first-order valence-corrected chi connectivity index (χ1v) is 4.82. The van der Waals surface area contributed by atoms with Crippen LogP contribution in [0.3, 0.4) is 0 Å². The number of rotatable bonds is 2. The Morgan fingerprint density at radius 2 is 2.00 bits per heavy atom. The average molecular weight is 185 g/mol. The molecule has 1 saturated heterocycles. The molecule has 0 aromatic carbocycles. The van der Waals surface area contributed by atoms with E-state index in [-0.39, 0.29) is 11.3 Å². The van der Waals surface area contributed by atoms with Gasteiger partial charge in [-0.1, -0.05) is 0 Å². The maximum atomic E-state index is 11.6. The Balaban J connectivity index is 2.13. The van der Waals surface area contributed by atoms with Crippen LogP contribution in [0.1, 0.15) is 25.7 Å². The molecule has 4 heteroatoms. The smallest absolute Gasteiger partial charge is 0.250 e. The Morgan fingerprint density at radius 1 is 1.38 bits per heavy atom. The first kappa shape index (κ1) is 8.97. The standard InChI is InChI=1S/C9H15NO3/c11-8(10-12)9(7-1-2-7)3-5-13-6-4-9/h7,12H,1-6H2,(H,10,11). The van der Waals surface area contributed by atoms with Crippen molar-refractivity contribution in [1.82, 2.24) is 5.48 Å². The van der Waals surface area contributed by atoms with Gasteiger partial charge in [-0.05, 0) is 31.6 Å². The SMILES string of the molecule is O=C(NO)C1(C2CC2)CCOCC1. The molecule has 1 heterocycles. The van der Waals surface area contributed by atoms with Crippen LogP contribution in [0, 0.1) is 11.3 Å². The molecule has 0 aromatic heterocycles. The maximum absolute atomic E-state index is 11.6. The molecule has 0 atom stereocenters. The molecule has 13 heavy (non-hydrogen) atoms. The number of hydroxylamine groups is 1. The Kier molecular flexibility index (Phi) is 2.26. The first-order valence-electron chi connectivity index (χ1n) is 4.82. The molecule has 2 fully saturated rings. The minimum Gasteiger partial charge on any atom is -0.381 e. The van der Waals surface area contributed by atoms with Gasteiger partial charge in [0.15, 0.2) is 0 Å². The van der Waals surface area contributed by atoms with E-state index in [2.05, 4.69) is 0 Å². The van der Waals surface area contributed by atoms with E-state index in [1.165, 1.54) is 0 Å². The predicted octanol–water partition coefficient (Wildman–Crippen LogP) is 0.699. The summed E-state index contributed by atoms with van der Waals surface area (Å²) in [4.78, 5) is 11.6. The van der Waals surface area contributed by atoms with E-state index >= 15 is 0 Å². The van der Waals surface area contributed by atoms with E-state index in [1.807, 2.05) is 0 Å². The molecule has 0 aromatic rings. The lowest BCUT2D eigenvalue weighted by atomic mass is 9.75. The predicted molar refractivity (Wildman–Crippen MR) is 45.1 cm³/mol. The number of hydrogen-bond acceptors (Lipinski definition) is 3. The van der Waals surface area contributed by atoms with Crippen molar-refractivity contribution in [1.29, 1.82) is 0 Å². The average Bonchev–Trinajstić information content (AvgIpc) is 3.01. The van der Waals surface area contributed by atoms with E-state index in [1.54, 1.807) is 5.48 Å². The maximum Gasteiger partial charge on any atom is 0.250 e. The summed E-state index contributed by atoms with van der Waals surface area (Å²) in [6.07, 6.45) is 3.74. The van der Waals surface area contributed by atoms with Gasteiger partial charge in [0.25, 0.3) is 0 Å². The second-order valence-electron chi connectivity index (χ2n) is 3.98. The summed E-state index contributed by atoms with van der Waals surface area (Å²) in [6, 6.07) is 0. The molecule has 0 bridgehead atoms. The van der Waals surface area contributed by atoms with E-state index in [0.717, 1.165) is 25.7 Å². The van der Waals surface area contributed by atoms with E-state index in [0.29, 0.717) is 19.1 Å². The van der Waals surface area contributed by atoms with Crippen LogP contribution >= 0.6 is 0 Å². The highest BCUT2D eigenvalue weighted by Crippen LogP contribution is 2.51. The lowest BCUT2D eigenvalue weighted by molar-refractivity contribution is -0.147. The van der Waals surface area contributed by atoms with Crippen LogP contribution in [0.15, 0.2) is 0 Å². The summed E-state index contributed by atoms with van der Waals surface area (Å²) in [5.74, 6) is 0.266. The summed E-state index contributed by atoms with van der Waals surface area (Å²) < 4.78 is 5.24. The van der Waals surface area contributed by atoms with Crippen molar-refractivity contribution in [2.75, 3.05) is 13.2 Å². The van der Waals surface area contributed by atoms with Gasteiger partial charge in [0.2, 0.25) is 5.91 Å². The van der Waals surface area contributed by atoms with Crippen LogP contribution in [0.2, 0.25) is 0 Å². The van der Waals surface area contributed by atoms with E-state index < -0.39 is 0 Å². The number of ether oxygens (including phenoxy) is 1. The molecule has 0 unspecified atom stereocenters. The van der Waals surface area contributed by atoms with Crippen molar-refractivity contribution < 1.29 is 14.7 Å². The van der Waals surface area contributed by atoms with E-state index in [4.69, 9.17) is 9.94 Å². The number of nitrogens with one attached hydrogen (secondary N) is 1. The monoisotopic (exact) mass is 185 g/mol. The summed E-state index contributed by atoms with van der Waals surface area (Å²) in [6.45, 7) is 1.29. The quantitative estimate of drug-likeness (QED) is 0.491. The summed E-state index contributed by atoms with van der Waals surface area (Å²) in [5, 5.41) is 8.69. The Bertz CT molecular complexity index is 207. The van der Waals surface area contributed by atoms with Crippen molar-refractivity contribution in [3.63, 3.8) is 0 Å². The van der Waals surface area contributed by atoms with Crippen LogP contribution in [0.5, 0.6) is 0 Å². The van der Waals surface area contributed by atoms with Gasteiger partial charge in [-0.3, -0.25) is 10.0 Å². The molecule has 0 radical (unpaired) electrons. The fraction of sp³-hybridized carbons (Fsp3) is 0.889. The molecule has 1 saturated carbocycles. The highest BCUT2D eigenvalue weighted by Gasteiger charge is 2.51. The molecule has 2 rings (SSSR count).